The van der Waals surface area contributed by atoms with Crippen LogP contribution in [0.25, 0.3) is 0 Å². The van der Waals surface area contributed by atoms with Crippen LogP contribution in [0.3, 0.4) is 0 Å². The summed E-state index contributed by atoms with van der Waals surface area (Å²) < 4.78 is 1.71. The summed E-state index contributed by atoms with van der Waals surface area (Å²) in [5.74, 6) is -0.529. The number of amides is 2. The van der Waals surface area contributed by atoms with E-state index in [4.69, 9.17) is 0 Å². The van der Waals surface area contributed by atoms with Gasteiger partial charge in [0.15, 0.2) is 0 Å². The van der Waals surface area contributed by atoms with E-state index >= 15 is 0 Å². The van der Waals surface area contributed by atoms with Gasteiger partial charge in [-0.2, -0.15) is 0 Å². The van der Waals surface area contributed by atoms with Gasteiger partial charge in [0, 0.05) is 32.0 Å². The third kappa shape index (κ3) is 6.32. The van der Waals surface area contributed by atoms with Crippen molar-refractivity contribution in [1.82, 2.24) is 14.8 Å². The lowest BCUT2D eigenvalue weighted by Gasteiger charge is -2.23. The molecule has 178 valence electrons. The van der Waals surface area contributed by atoms with Crippen LogP contribution >= 0.6 is 0 Å². The highest BCUT2D eigenvalue weighted by Gasteiger charge is 2.24. The average Bonchev–Trinajstić information content (AvgIpc) is 2.83. The zero-order valence-electron chi connectivity index (χ0n) is 19.8. The summed E-state index contributed by atoms with van der Waals surface area (Å²) in [6.07, 6.45) is 7.90. The number of nitrogens with one attached hydrogen (secondary N) is 1. The van der Waals surface area contributed by atoms with E-state index in [2.05, 4.69) is 5.32 Å². The Hall–Kier alpha value is -2.93. The Bertz CT molecular complexity index is 1010. The molecule has 2 amide bonds. The molecule has 0 spiro atoms. The van der Waals surface area contributed by atoms with Gasteiger partial charge >= 0.3 is 0 Å². The van der Waals surface area contributed by atoms with Crippen LogP contribution in [0.1, 0.15) is 84.4 Å². The smallest absolute Gasteiger partial charge is 0.259 e. The maximum atomic E-state index is 13.2. The second-order valence-electron chi connectivity index (χ2n) is 9.28. The van der Waals surface area contributed by atoms with Crippen LogP contribution in [-0.2, 0) is 0 Å². The fourth-order valence-corrected chi connectivity index (χ4v) is 4.26. The zero-order chi connectivity index (χ0) is 24.0. The molecule has 0 saturated heterocycles. The number of carbonyl (C=O) groups is 2. The molecule has 3 rings (SSSR count). The van der Waals surface area contributed by atoms with Crippen molar-refractivity contribution in [1.29, 1.82) is 0 Å². The number of aliphatic hydroxyl groups is 1. The van der Waals surface area contributed by atoms with Gasteiger partial charge in [-0.3, -0.25) is 14.4 Å². The fraction of sp³-hybridized carbons (Fsp3) is 0.500. The molecule has 2 aromatic rings. The predicted octanol–water partition coefficient (Wildman–Crippen LogP) is 3.54. The molecule has 0 bridgehead atoms. The number of benzene rings is 1. The summed E-state index contributed by atoms with van der Waals surface area (Å²) in [4.78, 5) is 40.5. The van der Waals surface area contributed by atoms with E-state index < -0.39 is 23.3 Å². The third-order valence-corrected chi connectivity index (χ3v) is 6.37. The monoisotopic (exact) mass is 453 g/mol. The highest BCUT2D eigenvalue weighted by molar-refractivity contribution is 5.99. The largest absolute Gasteiger partial charge is 0.387 e. The molecule has 1 saturated carbocycles. The Labute approximate surface area is 195 Å². The maximum absolute atomic E-state index is 13.2. The van der Waals surface area contributed by atoms with Crippen LogP contribution in [0, 0.1) is 5.92 Å². The van der Waals surface area contributed by atoms with Crippen LogP contribution in [0.2, 0.25) is 0 Å². The van der Waals surface area contributed by atoms with Crippen LogP contribution in [0.15, 0.2) is 47.5 Å². The summed E-state index contributed by atoms with van der Waals surface area (Å²) in [5, 5.41) is 13.4. The molecule has 0 radical (unpaired) electrons. The first kappa shape index (κ1) is 24.7. The van der Waals surface area contributed by atoms with Gasteiger partial charge in [0.05, 0.1) is 12.6 Å². The minimum Gasteiger partial charge on any atom is -0.387 e. The number of rotatable bonds is 8. The number of nitrogens with zero attached hydrogens (tertiary/aromatic N) is 2. The molecule has 0 aliphatic heterocycles. The van der Waals surface area contributed by atoms with Crippen LogP contribution in [0.4, 0.5) is 0 Å². The summed E-state index contributed by atoms with van der Waals surface area (Å²) in [6.45, 7) is 4.42. The topological polar surface area (TPSA) is 91.6 Å². The van der Waals surface area contributed by atoms with E-state index in [0.717, 1.165) is 12.8 Å². The molecule has 1 atom stereocenters. The normalized spacial score (nSPS) is 15.3. The van der Waals surface area contributed by atoms with E-state index in [-0.39, 0.29) is 23.7 Å². The molecule has 1 aromatic heterocycles. The number of likely N-dealkylation sites (N-methyl/N-ethyl adjacent to an activating group) is 1. The number of aliphatic hydroxyl groups excluding tert-OH is 1. The minimum atomic E-state index is -0.880. The Morgan fingerprint density at radius 3 is 2.36 bits per heavy atom. The molecule has 33 heavy (non-hydrogen) atoms. The number of hydrogen-bond acceptors (Lipinski definition) is 4. The Morgan fingerprint density at radius 2 is 1.73 bits per heavy atom. The Morgan fingerprint density at radius 1 is 1.09 bits per heavy atom. The van der Waals surface area contributed by atoms with Gasteiger partial charge in [0.2, 0.25) is 5.43 Å². The van der Waals surface area contributed by atoms with Gasteiger partial charge in [-0.25, -0.2) is 0 Å². The highest BCUT2D eigenvalue weighted by Crippen LogP contribution is 2.23. The quantitative estimate of drug-likeness (QED) is 0.640. The van der Waals surface area contributed by atoms with Gasteiger partial charge in [-0.15, -0.1) is 0 Å². The first-order valence-corrected chi connectivity index (χ1v) is 11.8. The standard InChI is InChI=1S/C26H35N3O4/c1-18(2)29-15-21(25(32)27-14-19-10-6-4-7-11-19)24(31)22(16-29)26(33)28(3)17-23(30)20-12-8-5-9-13-20/h5,8-9,12-13,15-16,18-19,23,30H,4,6-7,10-11,14,17H2,1-3H3,(H,27,32)/t23-/m1/s1. The molecule has 1 aliphatic rings. The van der Waals surface area contributed by atoms with E-state index in [1.807, 2.05) is 32.0 Å². The van der Waals surface area contributed by atoms with Gasteiger partial charge in [-0.1, -0.05) is 49.6 Å². The molecule has 2 N–H and O–H groups in total. The lowest BCUT2D eigenvalue weighted by molar-refractivity contribution is 0.0678. The summed E-state index contributed by atoms with van der Waals surface area (Å²) in [7, 11) is 1.55. The lowest BCUT2D eigenvalue weighted by atomic mass is 9.89. The van der Waals surface area contributed by atoms with Gasteiger partial charge in [0.25, 0.3) is 11.8 Å². The molecule has 1 fully saturated rings. The van der Waals surface area contributed by atoms with Crippen molar-refractivity contribution in [3.8, 4) is 0 Å². The number of hydrogen-bond donors (Lipinski definition) is 2. The SMILES string of the molecule is CC(C)n1cc(C(=O)NCC2CCCCC2)c(=O)c(C(=O)N(C)C[C@@H](O)c2ccccc2)c1. The van der Waals surface area contributed by atoms with E-state index in [0.29, 0.717) is 18.0 Å². The summed E-state index contributed by atoms with van der Waals surface area (Å²) >= 11 is 0. The molecule has 1 aliphatic carbocycles. The zero-order valence-corrected chi connectivity index (χ0v) is 19.8. The number of carbonyl (C=O) groups excluding carboxylic acids is 2. The van der Waals surface area contributed by atoms with Crippen molar-refractivity contribution in [2.75, 3.05) is 20.1 Å². The van der Waals surface area contributed by atoms with Crippen molar-refractivity contribution in [2.45, 2.75) is 58.1 Å². The van der Waals surface area contributed by atoms with E-state index in [1.54, 1.807) is 23.7 Å². The molecule has 1 heterocycles. The van der Waals surface area contributed by atoms with Crippen molar-refractivity contribution in [3.05, 3.63) is 69.6 Å². The molecule has 0 unspecified atom stereocenters. The summed E-state index contributed by atoms with van der Waals surface area (Å²) in [5.41, 5.74) is 0.00539. The van der Waals surface area contributed by atoms with Crippen molar-refractivity contribution < 1.29 is 14.7 Å². The van der Waals surface area contributed by atoms with Crippen LogP contribution in [0.5, 0.6) is 0 Å². The van der Waals surface area contributed by atoms with Crippen molar-refractivity contribution >= 4 is 11.8 Å². The highest BCUT2D eigenvalue weighted by atomic mass is 16.3. The maximum Gasteiger partial charge on any atom is 0.259 e. The first-order valence-electron chi connectivity index (χ1n) is 11.8. The van der Waals surface area contributed by atoms with E-state index in [1.165, 1.54) is 36.6 Å². The second-order valence-corrected chi connectivity index (χ2v) is 9.28. The van der Waals surface area contributed by atoms with Crippen LogP contribution < -0.4 is 10.7 Å². The third-order valence-electron chi connectivity index (χ3n) is 6.37. The van der Waals surface area contributed by atoms with E-state index in [9.17, 15) is 19.5 Å². The summed E-state index contributed by atoms with van der Waals surface area (Å²) in [6, 6.07) is 9.01. The van der Waals surface area contributed by atoms with Crippen molar-refractivity contribution in [3.63, 3.8) is 0 Å². The molecular formula is C26H35N3O4. The number of aromatic nitrogens is 1. The van der Waals surface area contributed by atoms with Gasteiger partial charge < -0.3 is 19.9 Å². The first-order chi connectivity index (χ1) is 15.8. The Kier molecular flexibility index (Phi) is 8.44. The predicted molar refractivity (Wildman–Crippen MR) is 128 cm³/mol. The molecule has 7 heteroatoms. The number of pyridine rings is 1. The lowest BCUT2D eigenvalue weighted by Crippen LogP contribution is -2.38. The van der Waals surface area contributed by atoms with Gasteiger partial charge in [0.1, 0.15) is 11.1 Å². The molecule has 7 nitrogen and oxygen atoms in total. The fourth-order valence-electron chi connectivity index (χ4n) is 4.26. The van der Waals surface area contributed by atoms with Crippen LogP contribution in [-0.4, -0.2) is 46.5 Å². The second kappa shape index (κ2) is 11.3. The minimum absolute atomic E-state index is 0.0256. The average molecular weight is 454 g/mol. The van der Waals surface area contributed by atoms with Gasteiger partial charge in [-0.05, 0) is 38.2 Å². The van der Waals surface area contributed by atoms with Crippen molar-refractivity contribution in [2.24, 2.45) is 5.92 Å². The molecular weight excluding hydrogens is 418 g/mol. The Balaban J connectivity index is 1.80. The molecule has 1 aromatic carbocycles.